The number of hydrogen-bond acceptors (Lipinski definition) is 2. The molecule has 1 aromatic carbocycles. The van der Waals surface area contributed by atoms with Crippen LogP contribution in [0.25, 0.3) is 0 Å². The van der Waals surface area contributed by atoms with E-state index < -0.39 is 17.5 Å². The first-order chi connectivity index (χ1) is 9.97. The highest BCUT2D eigenvalue weighted by molar-refractivity contribution is 5.93. The fourth-order valence-electron chi connectivity index (χ4n) is 2.98. The molecule has 5 heteroatoms. The van der Waals surface area contributed by atoms with Gasteiger partial charge in [0.05, 0.1) is 11.3 Å². The number of carbonyl (C=O) groups is 1. The standard InChI is InChI=1S/C16H14F2N2O/c1-8-10(16(19)21)4-5-15(20-8)12-3-2-11-13(12)6-9(17)7-14(11)18/h4-7,12H,2-3H2,1H3,(H2,19,21)/t12-/m1/s1. The Morgan fingerprint density at radius 1 is 1.33 bits per heavy atom. The van der Waals surface area contributed by atoms with E-state index in [0.29, 0.717) is 40.9 Å². The summed E-state index contributed by atoms with van der Waals surface area (Å²) < 4.78 is 27.2. The van der Waals surface area contributed by atoms with Crippen LogP contribution in [0.3, 0.4) is 0 Å². The molecule has 1 heterocycles. The van der Waals surface area contributed by atoms with Gasteiger partial charge in [0, 0.05) is 17.7 Å². The molecule has 108 valence electrons. The molecule has 0 spiro atoms. The van der Waals surface area contributed by atoms with Gasteiger partial charge in [-0.15, -0.1) is 0 Å². The number of aryl methyl sites for hydroxylation is 1. The van der Waals surface area contributed by atoms with E-state index >= 15 is 0 Å². The maximum Gasteiger partial charge on any atom is 0.250 e. The summed E-state index contributed by atoms with van der Waals surface area (Å²) in [5.41, 5.74) is 8.06. The number of hydrogen-bond donors (Lipinski definition) is 1. The number of rotatable bonds is 2. The van der Waals surface area contributed by atoms with Crippen molar-refractivity contribution in [1.82, 2.24) is 4.98 Å². The molecule has 0 fully saturated rings. The lowest BCUT2D eigenvalue weighted by Crippen LogP contribution is -2.14. The van der Waals surface area contributed by atoms with Crippen LogP contribution < -0.4 is 5.73 Å². The van der Waals surface area contributed by atoms with E-state index in [2.05, 4.69) is 4.98 Å². The summed E-state index contributed by atoms with van der Waals surface area (Å²) >= 11 is 0. The number of aromatic nitrogens is 1. The zero-order valence-corrected chi connectivity index (χ0v) is 11.5. The van der Waals surface area contributed by atoms with Gasteiger partial charge in [0.1, 0.15) is 11.6 Å². The largest absolute Gasteiger partial charge is 0.366 e. The highest BCUT2D eigenvalue weighted by Gasteiger charge is 2.28. The fraction of sp³-hybridized carbons (Fsp3) is 0.250. The molecule has 2 aromatic rings. The predicted molar refractivity (Wildman–Crippen MR) is 74.0 cm³/mol. The summed E-state index contributed by atoms with van der Waals surface area (Å²) in [6.07, 6.45) is 1.24. The Morgan fingerprint density at radius 2 is 2.10 bits per heavy atom. The number of primary amides is 1. The van der Waals surface area contributed by atoms with E-state index in [1.165, 1.54) is 6.07 Å². The molecular formula is C16H14F2N2O. The monoisotopic (exact) mass is 288 g/mol. The van der Waals surface area contributed by atoms with Crippen LogP contribution in [-0.2, 0) is 6.42 Å². The van der Waals surface area contributed by atoms with Crippen molar-refractivity contribution in [3.05, 3.63) is 64.0 Å². The van der Waals surface area contributed by atoms with Gasteiger partial charge in [-0.2, -0.15) is 0 Å². The van der Waals surface area contributed by atoms with Gasteiger partial charge in [0.2, 0.25) is 0 Å². The number of amides is 1. The molecule has 0 saturated heterocycles. The van der Waals surface area contributed by atoms with Crippen molar-refractivity contribution < 1.29 is 13.6 Å². The van der Waals surface area contributed by atoms with Gasteiger partial charge in [-0.05, 0) is 49.1 Å². The average Bonchev–Trinajstić information content (AvgIpc) is 2.82. The lowest BCUT2D eigenvalue weighted by molar-refractivity contribution is 0.0999. The summed E-state index contributed by atoms with van der Waals surface area (Å²) in [6.45, 7) is 1.70. The van der Waals surface area contributed by atoms with Gasteiger partial charge in [0.15, 0.2) is 0 Å². The lowest BCUT2D eigenvalue weighted by Gasteiger charge is -2.13. The van der Waals surface area contributed by atoms with Crippen molar-refractivity contribution in [3.8, 4) is 0 Å². The second-order valence-corrected chi connectivity index (χ2v) is 5.28. The first kappa shape index (κ1) is 13.7. The van der Waals surface area contributed by atoms with Gasteiger partial charge >= 0.3 is 0 Å². The molecule has 3 rings (SSSR count). The van der Waals surface area contributed by atoms with Crippen LogP contribution >= 0.6 is 0 Å². The summed E-state index contributed by atoms with van der Waals surface area (Å²) in [5, 5.41) is 0. The second kappa shape index (κ2) is 4.91. The van der Waals surface area contributed by atoms with Crippen molar-refractivity contribution >= 4 is 5.91 Å². The highest BCUT2D eigenvalue weighted by Crippen LogP contribution is 2.39. The van der Waals surface area contributed by atoms with E-state index in [1.807, 2.05) is 0 Å². The topological polar surface area (TPSA) is 56.0 Å². The molecule has 0 bridgehead atoms. The molecule has 0 unspecified atom stereocenters. The Morgan fingerprint density at radius 3 is 2.76 bits per heavy atom. The van der Waals surface area contributed by atoms with E-state index in [0.717, 1.165) is 6.07 Å². The maximum atomic E-state index is 13.8. The number of nitrogens with two attached hydrogens (primary N) is 1. The number of halogens is 2. The molecule has 1 aromatic heterocycles. The molecule has 2 N–H and O–H groups in total. The lowest BCUT2D eigenvalue weighted by atomic mass is 9.96. The van der Waals surface area contributed by atoms with E-state index in [4.69, 9.17) is 5.73 Å². The van der Waals surface area contributed by atoms with Gasteiger partial charge in [0.25, 0.3) is 5.91 Å². The molecule has 0 radical (unpaired) electrons. The summed E-state index contributed by atoms with van der Waals surface area (Å²) in [5.74, 6) is -1.76. The summed E-state index contributed by atoms with van der Waals surface area (Å²) in [7, 11) is 0. The van der Waals surface area contributed by atoms with Crippen molar-refractivity contribution in [2.45, 2.75) is 25.7 Å². The van der Waals surface area contributed by atoms with Crippen LogP contribution in [0.4, 0.5) is 8.78 Å². The fourth-order valence-corrected chi connectivity index (χ4v) is 2.98. The van der Waals surface area contributed by atoms with Crippen molar-refractivity contribution in [2.24, 2.45) is 5.73 Å². The average molecular weight is 288 g/mol. The Kier molecular flexibility index (Phi) is 3.20. The highest BCUT2D eigenvalue weighted by atomic mass is 19.1. The summed E-state index contributed by atoms with van der Waals surface area (Å²) in [4.78, 5) is 15.6. The second-order valence-electron chi connectivity index (χ2n) is 5.28. The van der Waals surface area contributed by atoms with Crippen LogP contribution in [0, 0.1) is 18.6 Å². The summed E-state index contributed by atoms with van der Waals surface area (Å²) in [6, 6.07) is 5.61. The van der Waals surface area contributed by atoms with E-state index in [9.17, 15) is 13.6 Å². The van der Waals surface area contributed by atoms with Crippen LogP contribution in [-0.4, -0.2) is 10.9 Å². The molecule has 3 nitrogen and oxygen atoms in total. The third-order valence-corrected chi connectivity index (χ3v) is 3.98. The zero-order valence-electron chi connectivity index (χ0n) is 11.5. The number of benzene rings is 1. The first-order valence-electron chi connectivity index (χ1n) is 6.72. The minimum Gasteiger partial charge on any atom is -0.366 e. The molecule has 1 amide bonds. The van der Waals surface area contributed by atoms with Gasteiger partial charge in [-0.25, -0.2) is 8.78 Å². The minimum absolute atomic E-state index is 0.147. The Bertz CT molecular complexity index is 743. The van der Waals surface area contributed by atoms with E-state index in [1.54, 1.807) is 19.1 Å². The SMILES string of the molecule is Cc1nc([C@@H]2CCc3c(F)cc(F)cc32)ccc1C(N)=O. The third-order valence-electron chi connectivity index (χ3n) is 3.98. The Balaban J connectivity index is 2.05. The van der Waals surface area contributed by atoms with Crippen molar-refractivity contribution in [3.63, 3.8) is 0 Å². The molecular weight excluding hydrogens is 274 g/mol. The smallest absolute Gasteiger partial charge is 0.250 e. The van der Waals surface area contributed by atoms with Gasteiger partial charge < -0.3 is 5.73 Å². The Hall–Kier alpha value is -2.30. The molecule has 1 aliphatic rings. The molecule has 1 atom stereocenters. The number of carbonyl (C=O) groups excluding carboxylic acids is 1. The zero-order chi connectivity index (χ0) is 15.1. The van der Waals surface area contributed by atoms with Crippen molar-refractivity contribution in [2.75, 3.05) is 0 Å². The predicted octanol–water partition coefficient (Wildman–Crippen LogP) is 2.85. The first-order valence-corrected chi connectivity index (χ1v) is 6.72. The van der Waals surface area contributed by atoms with Crippen LogP contribution in [0.2, 0.25) is 0 Å². The minimum atomic E-state index is -0.580. The Labute approximate surface area is 120 Å². The number of pyridine rings is 1. The normalized spacial score (nSPS) is 16.8. The quantitative estimate of drug-likeness (QED) is 0.923. The van der Waals surface area contributed by atoms with Gasteiger partial charge in [-0.1, -0.05) is 0 Å². The maximum absolute atomic E-state index is 13.8. The van der Waals surface area contributed by atoms with E-state index in [-0.39, 0.29) is 5.92 Å². The molecule has 0 aliphatic heterocycles. The van der Waals surface area contributed by atoms with Crippen molar-refractivity contribution in [1.29, 1.82) is 0 Å². The van der Waals surface area contributed by atoms with Gasteiger partial charge in [-0.3, -0.25) is 9.78 Å². The molecule has 0 saturated carbocycles. The molecule has 1 aliphatic carbocycles. The van der Waals surface area contributed by atoms with Crippen LogP contribution in [0.1, 0.15) is 45.2 Å². The third kappa shape index (κ3) is 2.28. The number of nitrogens with zero attached hydrogens (tertiary/aromatic N) is 1. The molecule has 21 heavy (non-hydrogen) atoms. The van der Waals surface area contributed by atoms with Crippen LogP contribution in [0.5, 0.6) is 0 Å². The van der Waals surface area contributed by atoms with Crippen LogP contribution in [0.15, 0.2) is 24.3 Å². The number of fused-ring (bicyclic) bond motifs is 1.